The molecule has 0 saturated heterocycles. The first-order valence-corrected chi connectivity index (χ1v) is 8.41. The predicted octanol–water partition coefficient (Wildman–Crippen LogP) is 5.59. The van der Waals surface area contributed by atoms with Crippen LogP contribution in [0.25, 0.3) is 0 Å². The lowest BCUT2D eigenvalue weighted by Gasteiger charge is -2.32. The van der Waals surface area contributed by atoms with Crippen molar-refractivity contribution in [2.24, 2.45) is 0 Å². The zero-order chi connectivity index (χ0) is 14.6. The number of hydrogen-bond acceptors (Lipinski definition) is 0. The lowest BCUT2D eigenvalue weighted by atomic mass is 9.74. The van der Waals surface area contributed by atoms with Crippen LogP contribution in [0.15, 0.2) is 48.5 Å². The van der Waals surface area contributed by atoms with Gasteiger partial charge in [-0.05, 0) is 43.4 Å². The number of alkyl halides is 1. The third-order valence-electron chi connectivity index (χ3n) is 4.35. The van der Waals surface area contributed by atoms with Crippen LogP contribution in [0, 0.1) is 13.8 Å². The lowest BCUT2D eigenvalue weighted by molar-refractivity contribution is 0.463. The highest BCUT2D eigenvalue weighted by Gasteiger charge is 2.29. The van der Waals surface area contributed by atoms with Crippen molar-refractivity contribution in [3.63, 3.8) is 0 Å². The maximum atomic E-state index is 3.77. The molecule has 0 saturated carbocycles. The second-order valence-electron chi connectivity index (χ2n) is 5.74. The molecule has 1 unspecified atom stereocenters. The van der Waals surface area contributed by atoms with Crippen LogP contribution in [-0.4, -0.2) is 5.33 Å². The summed E-state index contributed by atoms with van der Waals surface area (Å²) < 4.78 is 0. The maximum Gasteiger partial charge on any atom is 0.0132 e. The maximum absolute atomic E-state index is 3.77. The number of aryl methyl sites for hydroxylation is 2. The Morgan fingerprint density at radius 2 is 1.70 bits per heavy atom. The summed E-state index contributed by atoms with van der Waals surface area (Å²) in [5.41, 5.74) is 5.82. The van der Waals surface area contributed by atoms with Crippen LogP contribution in [0.2, 0.25) is 0 Å². The van der Waals surface area contributed by atoms with Gasteiger partial charge < -0.3 is 0 Å². The molecule has 0 aromatic heterocycles. The van der Waals surface area contributed by atoms with Crippen LogP contribution in [0.1, 0.15) is 35.6 Å². The van der Waals surface area contributed by atoms with Crippen LogP contribution in [0.4, 0.5) is 0 Å². The van der Waals surface area contributed by atoms with Crippen LogP contribution in [0.3, 0.4) is 0 Å². The minimum Gasteiger partial charge on any atom is -0.0918 e. The largest absolute Gasteiger partial charge is 0.0918 e. The van der Waals surface area contributed by atoms with E-state index in [1.165, 1.54) is 22.3 Å². The topological polar surface area (TPSA) is 0 Å². The van der Waals surface area contributed by atoms with Gasteiger partial charge in [-0.2, -0.15) is 0 Å². The Labute approximate surface area is 131 Å². The highest BCUT2D eigenvalue weighted by molar-refractivity contribution is 9.09. The third kappa shape index (κ3) is 3.15. The summed E-state index contributed by atoms with van der Waals surface area (Å²) in [5, 5.41) is 0.994. The first-order valence-electron chi connectivity index (χ1n) is 7.29. The van der Waals surface area contributed by atoms with Gasteiger partial charge in [-0.25, -0.2) is 0 Å². The molecule has 0 aliphatic carbocycles. The van der Waals surface area contributed by atoms with Crippen molar-refractivity contribution in [1.82, 2.24) is 0 Å². The fourth-order valence-corrected chi connectivity index (χ4v) is 3.72. The van der Waals surface area contributed by atoms with Gasteiger partial charge in [0.05, 0.1) is 0 Å². The Kier molecular flexibility index (Phi) is 5.04. The number of hydrogen-bond donors (Lipinski definition) is 0. The molecule has 106 valence electrons. The quantitative estimate of drug-likeness (QED) is 0.627. The SMILES string of the molecule is CCC(CBr)(Cc1cc(C)ccc1C)c1ccccc1. The van der Waals surface area contributed by atoms with Gasteiger partial charge in [0.25, 0.3) is 0 Å². The molecule has 1 heteroatoms. The van der Waals surface area contributed by atoms with E-state index in [2.05, 4.69) is 85.2 Å². The highest BCUT2D eigenvalue weighted by atomic mass is 79.9. The van der Waals surface area contributed by atoms with Crippen LogP contribution >= 0.6 is 15.9 Å². The molecule has 0 amide bonds. The van der Waals surface area contributed by atoms with Crippen molar-refractivity contribution in [2.45, 2.75) is 39.0 Å². The number of rotatable bonds is 5. The average molecular weight is 331 g/mol. The molecule has 0 N–H and O–H groups in total. The van der Waals surface area contributed by atoms with Gasteiger partial charge in [-0.15, -0.1) is 0 Å². The number of halogens is 1. The first-order chi connectivity index (χ1) is 9.61. The number of benzene rings is 2. The molecular formula is C19H23Br. The van der Waals surface area contributed by atoms with Crippen molar-refractivity contribution in [1.29, 1.82) is 0 Å². The van der Waals surface area contributed by atoms with Gasteiger partial charge in [0.2, 0.25) is 0 Å². The van der Waals surface area contributed by atoms with Gasteiger partial charge in [0.1, 0.15) is 0 Å². The monoisotopic (exact) mass is 330 g/mol. The Morgan fingerprint density at radius 3 is 2.30 bits per heavy atom. The summed E-state index contributed by atoms with van der Waals surface area (Å²) in [7, 11) is 0. The molecule has 1 atom stereocenters. The van der Waals surface area contributed by atoms with Crippen molar-refractivity contribution >= 4 is 15.9 Å². The standard InChI is InChI=1S/C19H23Br/c1-4-19(14-20,18-8-6-5-7-9-18)13-17-12-15(2)10-11-16(17)3/h5-12H,4,13-14H2,1-3H3. The third-order valence-corrected chi connectivity index (χ3v) is 5.43. The molecule has 2 aromatic carbocycles. The van der Waals surface area contributed by atoms with E-state index in [1.807, 2.05) is 0 Å². The lowest BCUT2D eigenvalue weighted by Crippen LogP contribution is -2.30. The van der Waals surface area contributed by atoms with E-state index in [0.29, 0.717) is 0 Å². The van der Waals surface area contributed by atoms with Gasteiger partial charge >= 0.3 is 0 Å². The summed E-state index contributed by atoms with van der Waals surface area (Å²) in [4.78, 5) is 0. The molecular weight excluding hydrogens is 308 g/mol. The van der Waals surface area contributed by atoms with Crippen molar-refractivity contribution < 1.29 is 0 Å². The van der Waals surface area contributed by atoms with Crippen molar-refractivity contribution in [2.75, 3.05) is 5.33 Å². The molecule has 0 aliphatic rings. The summed E-state index contributed by atoms with van der Waals surface area (Å²) >= 11 is 3.77. The smallest absolute Gasteiger partial charge is 0.0132 e. The summed E-state index contributed by atoms with van der Waals surface area (Å²) in [6.45, 7) is 6.68. The van der Waals surface area contributed by atoms with Crippen molar-refractivity contribution in [3.05, 3.63) is 70.8 Å². The first kappa shape index (κ1) is 15.3. The van der Waals surface area contributed by atoms with Gasteiger partial charge in [0, 0.05) is 10.7 Å². The fraction of sp³-hybridized carbons (Fsp3) is 0.368. The van der Waals surface area contributed by atoms with Gasteiger partial charge in [-0.1, -0.05) is 76.9 Å². The second-order valence-corrected chi connectivity index (χ2v) is 6.30. The van der Waals surface area contributed by atoms with E-state index in [4.69, 9.17) is 0 Å². The molecule has 20 heavy (non-hydrogen) atoms. The van der Waals surface area contributed by atoms with Crippen LogP contribution < -0.4 is 0 Å². The van der Waals surface area contributed by atoms with E-state index in [9.17, 15) is 0 Å². The average Bonchev–Trinajstić information content (AvgIpc) is 2.49. The normalized spacial score (nSPS) is 14.0. The second kappa shape index (κ2) is 6.58. The molecule has 2 aromatic rings. The van der Waals surface area contributed by atoms with E-state index in [0.717, 1.165) is 18.2 Å². The summed E-state index contributed by atoms with van der Waals surface area (Å²) in [5.74, 6) is 0. The minimum atomic E-state index is 0.180. The fourth-order valence-electron chi connectivity index (χ4n) is 2.80. The zero-order valence-corrected chi connectivity index (χ0v) is 14.2. The minimum absolute atomic E-state index is 0.180. The highest BCUT2D eigenvalue weighted by Crippen LogP contribution is 2.35. The van der Waals surface area contributed by atoms with E-state index in [1.54, 1.807) is 0 Å². The Bertz CT molecular complexity index is 553. The molecule has 0 nitrogen and oxygen atoms in total. The molecule has 0 spiro atoms. The molecule has 0 fully saturated rings. The predicted molar refractivity (Wildman–Crippen MR) is 91.8 cm³/mol. The Balaban J connectivity index is 2.42. The summed E-state index contributed by atoms with van der Waals surface area (Å²) in [6, 6.07) is 17.7. The van der Waals surface area contributed by atoms with E-state index >= 15 is 0 Å². The van der Waals surface area contributed by atoms with Crippen molar-refractivity contribution in [3.8, 4) is 0 Å². The molecule has 2 rings (SSSR count). The van der Waals surface area contributed by atoms with Gasteiger partial charge in [0.15, 0.2) is 0 Å². The Morgan fingerprint density at radius 1 is 1.00 bits per heavy atom. The summed E-state index contributed by atoms with van der Waals surface area (Å²) in [6.07, 6.45) is 2.22. The molecule has 0 bridgehead atoms. The van der Waals surface area contributed by atoms with Crippen LogP contribution in [0.5, 0.6) is 0 Å². The van der Waals surface area contributed by atoms with Gasteiger partial charge in [-0.3, -0.25) is 0 Å². The molecule has 0 radical (unpaired) electrons. The van der Waals surface area contributed by atoms with E-state index < -0.39 is 0 Å². The zero-order valence-electron chi connectivity index (χ0n) is 12.6. The molecule has 0 aliphatic heterocycles. The molecule has 0 heterocycles. The van der Waals surface area contributed by atoms with E-state index in [-0.39, 0.29) is 5.41 Å². The Hall–Kier alpha value is -1.08. The van der Waals surface area contributed by atoms with Crippen LogP contribution in [-0.2, 0) is 11.8 Å².